The lowest BCUT2D eigenvalue weighted by atomic mass is 9.81. The average Bonchev–Trinajstić information content (AvgIpc) is 3.19. The first kappa shape index (κ1) is 14.2. The molecule has 1 saturated heterocycles. The maximum atomic E-state index is 12.7. The van der Waals surface area contributed by atoms with E-state index in [1.54, 1.807) is 0 Å². The van der Waals surface area contributed by atoms with Gasteiger partial charge in [-0.1, -0.05) is 30.3 Å². The van der Waals surface area contributed by atoms with Crippen molar-refractivity contribution in [2.75, 3.05) is 29.0 Å². The lowest BCUT2D eigenvalue weighted by Crippen LogP contribution is -2.38. The minimum atomic E-state index is -0.527. The lowest BCUT2D eigenvalue weighted by molar-refractivity contribution is -0.120. The minimum absolute atomic E-state index is 0.0601. The standard InChI is InChI=1S/C19H17N5O/c20-16-12-5-1-3-7-14(12)22-18(23-16)24-10-9-19(11-24)13-6-2-4-8-15(13)21-17(19)25/h1-8H,9-11H2,(H,21,25)(H2,20,22,23). The first-order valence-electron chi connectivity index (χ1n) is 8.36. The van der Waals surface area contributed by atoms with Crippen LogP contribution in [0.3, 0.4) is 0 Å². The fourth-order valence-corrected chi connectivity index (χ4v) is 3.99. The number of anilines is 3. The zero-order valence-corrected chi connectivity index (χ0v) is 13.6. The Hall–Kier alpha value is -3.15. The molecule has 6 heteroatoms. The van der Waals surface area contributed by atoms with Gasteiger partial charge in [-0.15, -0.1) is 0 Å². The number of nitrogens with two attached hydrogens (primary N) is 1. The van der Waals surface area contributed by atoms with Crippen LogP contribution in [0.5, 0.6) is 0 Å². The molecule has 1 spiro atoms. The molecule has 5 rings (SSSR count). The summed E-state index contributed by atoms with van der Waals surface area (Å²) in [6.07, 6.45) is 0.742. The van der Waals surface area contributed by atoms with E-state index in [9.17, 15) is 4.79 Å². The minimum Gasteiger partial charge on any atom is -0.383 e. The zero-order valence-electron chi connectivity index (χ0n) is 13.6. The van der Waals surface area contributed by atoms with Crippen LogP contribution in [-0.4, -0.2) is 29.0 Å². The van der Waals surface area contributed by atoms with Crippen molar-refractivity contribution in [3.05, 3.63) is 54.1 Å². The second-order valence-electron chi connectivity index (χ2n) is 6.68. The summed E-state index contributed by atoms with van der Waals surface area (Å²) >= 11 is 0. The van der Waals surface area contributed by atoms with Crippen molar-refractivity contribution in [3.63, 3.8) is 0 Å². The summed E-state index contributed by atoms with van der Waals surface area (Å²) in [4.78, 5) is 23.9. The third kappa shape index (κ3) is 1.94. The van der Waals surface area contributed by atoms with Gasteiger partial charge in [0.2, 0.25) is 11.9 Å². The highest BCUT2D eigenvalue weighted by Crippen LogP contribution is 2.44. The van der Waals surface area contributed by atoms with Gasteiger partial charge in [0.05, 0.1) is 10.9 Å². The summed E-state index contributed by atoms with van der Waals surface area (Å²) in [6, 6.07) is 15.6. The van der Waals surface area contributed by atoms with Gasteiger partial charge in [0, 0.05) is 24.2 Å². The van der Waals surface area contributed by atoms with Crippen LogP contribution in [0.4, 0.5) is 17.5 Å². The topological polar surface area (TPSA) is 84.1 Å². The molecule has 1 fully saturated rings. The number of fused-ring (bicyclic) bond motifs is 3. The van der Waals surface area contributed by atoms with Gasteiger partial charge in [0.1, 0.15) is 5.82 Å². The van der Waals surface area contributed by atoms with Crippen LogP contribution >= 0.6 is 0 Å². The van der Waals surface area contributed by atoms with E-state index in [0.29, 0.717) is 18.3 Å². The summed E-state index contributed by atoms with van der Waals surface area (Å²) in [5.74, 6) is 1.12. The zero-order chi connectivity index (χ0) is 17.0. The smallest absolute Gasteiger partial charge is 0.236 e. The third-order valence-electron chi connectivity index (χ3n) is 5.30. The van der Waals surface area contributed by atoms with Gasteiger partial charge < -0.3 is 16.0 Å². The molecule has 2 aliphatic rings. The molecule has 0 aliphatic carbocycles. The molecule has 124 valence electrons. The van der Waals surface area contributed by atoms with Crippen molar-refractivity contribution >= 4 is 34.3 Å². The number of nitrogens with one attached hydrogen (secondary N) is 1. The Morgan fingerprint density at radius 3 is 2.80 bits per heavy atom. The second-order valence-corrected chi connectivity index (χ2v) is 6.68. The summed E-state index contributed by atoms with van der Waals surface area (Å²) in [6.45, 7) is 1.28. The van der Waals surface area contributed by atoms with Gasteiger partial charge in [-0.25, -0.2) is 4.98 Å². The molecule has 1 unspecified atom stereocenters. The lowest BCUT2D eigenvalue weighted by Gasteiger charge is -2.22. The van der Waals surface area contributed by atoms with E-state index in [4.69, 9.17) is 5.73 Å². The molecule has 1 aromatic heterocycles. The summed E-state index contributed by atoms with van der Waals surface area (Å²) in [5.41, 5.74) is 8.39. The van der Waals surface area contributed by atoms with E-state index in [0.717, 1.165) is 35.1 Å². The summed E-state index contributed by atoms with van der Waals surface area (Å²) in [5, 5.41) is 3.86. The van der Waals surface area contributed by atoms with Gasteiger partial charge in [-0.05, 0) is 30.2 Å². The molecule has 3 heterocycles. The predicted molar refractivity (Wildman–Crippen MR) is 97.5 cm³/mol. The van der Waals surface area contributed by atoms with Crippen molar-refractivity contribution in [2.45, 2.75) is 11.8 Å². The molecule has 0 bridgehead atoms. The number of amides is 1. The number of nitrogen functional groups attached to an aromatic ring is 1. The van der Waals surface area contributed by atoms with Crippen LogP contribution in [0.2, 0.25) is 0 Å². The number of para-hydroxylation sites is 2. The van der Waals surface area contributed by atoms with Crippen LogP contribution in [0.25, 0.3) is 10.9 Å². The maximum Gasteiger partial charge on any atom is 0.236 e. The quantitative estimate of drug-likeness (QED) is 0.715. The molecule has 25 heavy (non-hydrogen) atoms. The first-order chi connectivity index (χ1) is 12.2. The molecule has 2 aromatic carbocycles. The van der Waals surface area contributed by atoms with Crippen molar-refractivity contribution in [1.29, 1.82) is 0 Å². The number of aromatic nitrogens is 2. The Balaban J connectivity index is 1.56. The van der Waals surface area contributed by atoms with Crippen LogP contribution in [-0.2, 0) is 10.2 Å². The molecular weight excluding hydrogens is 314 g/mol. The van der Waals surface area contributed by atoms with Gasteiger partial charge >= 0.3 is 0 Å². The Morgan fingerprint density at radius 1 is 1.08 bits per heavy atom. The van der Waals surface area contributed by atoms with Gasteiger partial charge in [0.15, 0.2) is 0 Å². The molecule has 3 N–H and O–H groups in total. The van der Waals surface area contributed by atoms with Crippen LogP contribution < -0.4 is 16.0 Å². The highest BCUT2D eigenvalue weighted by atomic mass is 16.2. The van der Waals surface area contributed by atoms with Crippen LogP contribution in [0.1, 0.15) is 12.0 Å². The van der Waals surface area contributed by atoms with Crippen LogP contribution in [0, 0.1) is 0 Å². The van der Waals surface area contributed by atoms with Gasteiger partial charge in [-0.3, -0.25) is 4.79 Å². The van der Waals surface area contributed by atoms with Crippen molar-refractivity contribution in [1.82, 2.24) is 9.97 Å². The average molecular weight is 331 g/mol. The Bertz CT molecular complexity index is 1020. The van der Waals surface area contributed by atoms with Crippen molar-refractivity contribution in [3.8, 4) is 0 Å². The van der Waals surface area contributed by atoms with E-state index in [-0.39, 0.29) is 5.91 Å². The number of nitrogens with zero attached hydrogens (tertiary/aromatic N) is 3. The van der Waals surface area contributed by atoms with Crippen LogP contribution in [0.15, 0.2) is 48.5 Å². The molecule has 1 atom stereocenters. The summed E-state index contributed by atoms with van der Waals surface area (Å²) in [7, 11) is 0. The Labute approximate surface area is 144 Å². The molecule has 3 aromatic rings. The van der Waals surface area contributed by atoms with E-state index in [1.807, 2.05) is 48.5 Å². The molecule has 6 nitrogen and oxygen atoms in total. The van der Waals surface area contributed by atoms with E-state index < -0.39 is 5.41 Å². The highest BCUT2D eigenvalue weighted by molar-refractivity contribution is 6.07. The predicted octanol–water partition coefficient (Wildman–Crippen LogP) is 2.31. The van der Waals surface area contributed by atoms with E-state index in [2.05, 4.69) is 20.2 Å². The number of rotatable bonds is 1. The molecular formula is C19H17N5O. The second kappa shape index (κ2) is 4.92. The Morgan fingerprint density at radius 2 is 1.88 bits per heavy atom. The Kier molecular flexibility index (Phi) is 2.80. The van der Waals surface area contributed by atoms with E-state index >= 15 is 0 Å². The SMILES string of the molecule is Nc1nc(N2CCC3(C2)C(=O)Nc2ccccc23)nc2ccccc12. The highest BCUT2D eigenvalue weighted by Gasteiger charge is 2.51. The van der Waals surface area contributed by atoms with Crippen molar-refractivity contribution < 1.29 is 4.79 Å². The number of hydrogen-bond acceptors (Lipinski definition) is 5. The fourth-order valence-electron chi connectivity index (χ4n) is 3.99. The van der Waals surface area contributed by atoms with E-state index in [1.165, 1.54) is 0 Å². The molecule has 2 aliphatic heterocycles. The molecule has 0 radical (unpaired) electrons. The molecule has 1 amide bonds. The van der Waals surface area contributed by atoms with Gasteiger partial charge in [-0.2, -0.15) is 4.98 Å². The monoisotopic (exact) mass is 331 g/mol. The summed E-state index contributed by atoms with van der Waals surface area (Å²) < 4.78 is 0. The molecule has 0 saturated carbocycles. The number of carbonyl (C=O) groups excluding carboxylic acids is 1. The van der Waals surface area contributed by atoms with Gasteiger partial charge in [0.25, 0.3) is 0 Å². The number of benzene rings is 2. The number of carbonyl (C=O) groups is 1. The van der Waals surface area contributed by atoms with Crippen molar-refractivity contribution in [2.24, 2.45) is 0 Å². The fraction of sp³-hybridized carbons (Fsp3) is 0.211. The maximum absolute atomic E-state index is 12.7. The third-order valence-corrected chi connectivity index (χ3v) is 5.30. The largest absolute Gasteiger partial charge is 0.383 e. The normalized spacial score (nSPS) is 21.8. The number of hydrogen-bond donors (Lipinski definition) is 2. The first-order valence-corrected chi connectivity index (χ1v) is 8.36.